The van der Waals surface area contributed by atoms with Gasteiger partial charge in [-0.15, -0.1) is 0 Å². The van der Waals surface area contributed by atoms with Gasteiger partial charge >= 0.3 is 5.97 Å². The van der Waals surface area contributed by atoms with Gasteiger partial charge in [-0.25, -0.2) is 0 Å². The normalized spacial score (nSPS) is 23.9. The minimum atomic E-state index is -1.78. The second-order valence-electron chi connectivity index (χ2n) is 18.6. The highest BCUT2D eigenvalue weighted by Crippen LogP contribution is 2.36. The largest absolute Gasteiger partial charge is 0.463 e. The van der Waals surface area contributed by atoms with Gasteiger partial charge in [-0.05, 0) is 45.5 Å². The summed E-state index contributed by atoms with van der Waals surface area (Å²) in [5, 5.41) is 0. The van der Waals surface area contributed by atoms with E-state index in [-0.39, 0.29) is 59.3 Å². The maximum atomic E-state index is 15.1. The number of hydrogen-bond donors (Lipinski definition) is 0. The molecule has 0 N–H and O–H groups in total. The molecule has 0 amide bonds. The van der Waals surface area contributed by atoms with E-state index in [0.717, 1.165) is 33.4 Å². The molecule has 0 aromatic heterocycles. The number of ether oxygens (including phenoxy) is 10. The predicted octanol–water partition coefficient (Wildman–Crippen LogP) is 10.7. The van der Waals surface area contributed by atoms with Crippen LogP contribution in [0.5, 0.6) is 0 Å². The van der Waals surface area contributed by atoms with Crippen molar-refractivity contribution in [2.75, 3.05) is 13.2 Å². The van der Waals surface area contributed by atoms with Crippen LogP contribution in [-0.2, 0) is 103 Å². The number of esters is 1. The Labute approximate surface area is 448 Å². The van der Waals surface area contributed by atoms with E-state index < -0.39 is 77.3 Å². The van der Waals surface area contributed by atoms with Crippen molar-refractivity contribution in [1.29, 1.82) is 0 Å². The molecule has 12 nitrogen and oxygen atoms in total. The highest BCUT2D eigenvalue weighted by molar-refractivity contribution is 7.85. The zero-order chi connectivity index (χ0) is 52.2. The average molecular weight is 1050 g/mol. The summed E-state index contributed by atoms with van der Waals surface area (Å²) in [5.74, 6) is -0.399. The van der Waals surface area contributed by atoms with Gasteiger partial charge < -0.3 is 47.4 Å². The van der Waals surface area contributed by atoms with Crippen LogP contribution >= 0.6 is 0 Å². The minimum Gasteiger partial charge on any atom is -0.463 e. The second kappa shape index (κ2) is 28.8. The fourth-order valence-corrected chi connectivity index (χ4v) is 10.6. The standard InChI is InChI=1S/C63H66O12S/c1-2-55(64)66-44-53-56(67-38-46-24-10-3-11-25-46)58(69-40-48-28-14-5-15-29-48)60(71-42-50-32-18-7-19-33-50)62(74-53)73-45-54-57(68-39-47-26-12-4-13-27-47)59(70-41-49-30-16-6-17-31-49)61(72-43-51-34-20-8-21-35-51)63(75-54)76(65)52-36-22-9-23-37-52/h3-37,53-54,56-63H,2,38-45H2,1H3/t53?,54?,56-,57-,58-,59-,60?,61?,62-,63+,76?/m1/s1. The maximum Gasteiger partial charge on any atom is 0.305 e. The zero-order valence-corrected chi connectivity index (χ0v) is 43.5. The Morgan fingerprint density at radius 3 is 1.08 bits per heavy atom. The van der Waals surface area contributed by atoms with Crippen molar-refractivity contribution >= 4 is 16.8 Å². The van der Waals surface area contributed by atoms with Crippen LogP contribution in [0.2, 0.25) is 0 Å². The third-order valence-corrected chi connectivity index (χ3v) is 14.7. The van der Waals surface area contributed by atoms with Crippen LogP contribution < -0.4 is 0 Å². The summed E-state index contributed by atoms with van der Waals surface area (Å²) in [6.45, 7) is 2.60. The molecule has 11 atom stereocenters. The highest BCUT2D eigenvalue weighted by Gasteiger charge is 2.53. The number of carbonyl (C=O) groups excluding carboxylic acids is 1. The van der Waals surface area contributed by atoms with Crippen molar-refractivity contribution in [3.8, 4) is 0 Å². The van der Waals surface area contributed by atoms with Gasteiger partial charge in [0.25, 0.3) is 0 Å². The molecule has 0 bridgehead atoms. The van der Waals surface area contributed by atoms with Crippen LogP contribution in [0.15, 0.2) is 217 Å². The topological polar surface area (TPSA) is 126 Å². The van der Waals surface area contributed by atoms with Gasteiger partial charge in [-0.2, -0.15) is 0 Å². The van der Waals surface area contributed by atoms with E-state index in [1.54, 1.807) is 6.92 Å². The summed E-state index contributed by atoms with van der Waals surface area (Å²) >= 11 is 0. The van der Waals surface area contributed by atoms with Gasteiger partial charge in [0.1, 0.15) is 55.4 Å². The Bertz CT molecular complexity index is 2760. The molecule has 7 aromatic rings. The molecular formula is C63H66O12S. The smallest absolute Gasteiger partial charge is 0.305 e. The van der Waals surface area contributed by atoms with Crippen molar-refractivity contribution in [2.24, 2.45) is 0 Å². The zero-order valence-electron chi connectivity index (χ0n) is 42.7. The van der Waals surface area contributed by atoms with E-state index in [4.69, 9.17) is 47.4 Å². The molecule has 13 heteroatoms. The quantitative estimate of drug-likeness (QED) is 0.0479. The van der Waals surface area contributed by atoms with Gasteiger partial charge in [0.15, 0.2) is 11.7 Å². The van der Waals surface area contributed by atoms with Gasteiger partial charge in [0, 0.05) is 11.3 Å². The summed E-state index contributed by atoms with van der Waals surface area (Å²) in [6.07, 6.45) is -7.95. The first kappa shape index (κ1) is 54.6. The number of hydrogen-bond acceptors (Lipinski definition) is 12. The second-order valence-corrected chi connectivity index (χ2v) is 20.2. The molecule has 2 saturated heterocycles. The molecule has 0 radical (unpaired) electrons. The molecule has 76 heavy (non-hydrogen) atoms. The van der Waals surface area contributed by atoms with Crippen molar-refractivity contribution in [2.45, 2.75) is 118 Å². The van der Waals surface area contributed by atoms with Crippen LogP contribution in [0.4, 0.5) is 0 Å². The number of carbonyl (C=O) groups is 1. The summed E-state index contributed by atoms with van der Waals surface area (Å²) in [7, 11) is -1.78. The van der Waals surface area contributed by atoms with Crippen molar-refractivity contribution in [1.82, 2.24) is 0 Å². The Balaban J connectivity index is 1.10. The number of benzene rings is 7. The Morgan fingerprint density at radius 1 is 0.382 bits per heavy atom. The Kier molecular flexibility index (Phi) is 20.7. The van der Waals surface area contributed by atoms with Gasteiger partial charge in [0.05, 0.1) is 57.0 Å². The van der Waals surface area contributed by atoms with Crippen molar-refractivity contribution < 1.29 is 56.4 Å². The molecule has 7 aromatic carbocycles. The SMILES string of the molecule is CCC(=O)OCC1O[C@@H](OCC2O[C@@H](S(=O)c3ccccc3)C(OCc3ccccc3)[C@H](OCc3ccccc3)[C@@H]2OCc2ccccc2)C(OCc2ccccc2)[C@H](OCc2ccccc2)[C@@H]1OCc1ccccc1. The summed E-state index contributed by atoms with van der Waals surface area (Å²) in [5.41, 5.74) is 4.50. The van der Waals surface area contributed by atoms with E-state index >= 15 is 4.21 Å². The fraction of sp³-hybridized carbons (Fsp3) is 0.317. The third-order valence-electron chi connectivity index (χ3n) is 13.2. The predicted molar refractivity (Wildman–Crippen MR) is 287 cm³/mol. The minimum absolute atomic E-state index is 0.153. The molecule has 5 unspecified atom stereocenters. The molecule has 2 fully saturated rings. The lowest BCUT2D eigenvalue weighted by Crippen LogP contribution is -2.64. The van der Waals surface area contributed by atoms with Crippen LogP contribution in [0.25, 0.3) is 0 Å². The molecule has 2 aliphatic rings. The summed E-state index contributed by atoms with van der Waals surface area (Å²) in [4.78, 5) is 13.5. The fourth-order valence-electron chi connectivity index (χ4n) is 9.22. The molecule has 9 rings (SSSR count). The van der Waals surface area contributed by atoms with E-state index in [2.05, 4.69) is 0 Å². The molecule has 2 aliphatic heterocycles. The first-order chi connectivity index (χ1) is 37.5. The van der Waals surface area contributed by atoms with E-state index in [0.29, 0.717) is 4.90 Å². The van der Waals surface area contributed by atoms with E-state index in [1.807, 2.05) is 212 Å². The lowest BCUT2D eigenvalue weighted by molar-refractivity contribution is -0.336. The van der Waals surface area contributed by atoms with Crippen LogP contribution in [-0.4, -0.2) is 83.9 Å². The molecule has 396 valence electrons. The molecule has 0 aliphatic carbocycles. The lowest BCUT2D eigenvalue weighted by Gasteiger charge is -2.48. The van der Waals surface area contributed by atoms with E-state index in [9.17, 15) is 4.79 Å². The molecule has 0 spiro atoms. The Hall–Kier alpha value is -6.20. The van der Waals surface area contributed by atoms with Crippen molar-refractivity contribution in [3.05, 3.63) is 246 Å². The van der Waals surface area contributed by atoms with Crippen LogP contribution in [0.3, 0.4) is 0 Å². The molecule has 0 saturated carbocycles. The average Bonchev–Trinajstić information content (AvgIpc) is 3.48. The van der Waals surface area contributed by atoms with Crippen LogP contribution in [0, 0.1) is 0 Å². The van der Waals surface area contributed by atoms with Crippen molar-refractivity contribution in [3.63, 3.8) is 0 Å². The van der Waals surface area contributed by atoms with Gasteiger partial charge in [0.2, 0.25) is 0 Å². The lowest BCUT2D eigenvalue weighted by atomic mass is 9.97. The van der Waals surface area contributed by atoms with E-state index in [1.165, 1.54) is 0 Å². The molecule has 2 heterocycles. The first-order valence-electron chi connectivity index (χ1n) is 26.0. The maximum absolute atomic E-state index is 15.1. The van der Waals surface area contributed by atoms with Gasteiger partial charge in [-0.3, -0.25) is 9.00 Å². The highest BCUT2D eigenvalue weighted by atomic mass is 32.2. The summed E-state index contributed by atoms with van der Waals surface area (Å²) < 4.78 is 83.7. The monoisotopic (exact) mass is 1050 g/mol. The molecular weight excluding hydrogens is 981 g/mol. The first-order valence-corrected chi connectivity index (χ1v) is 27.2. The number of rotatable bonds is 26. The third kappa shape index (κ3) is 15.5. The van der Waals surface area contributed by atoms with Gasteiger partial charge in [-0.1, -0.05) is 207 Å². The van der Waals surface area contributed by atoms with Crippen LogP contribution in [0.1, 0.15) is 46.7 Å². The Morgan fingerprint density at radius 2 is 0.697 bits per heavy atom. The summed E-state index contributed by atoms with van der Waals surface area (Å²) in [6, 6.07) is 68.3.